The molecule has 0 fully saturated rings. The molecule has 0 saturated heterocycles. The molecule has 1 aliphatic rings. The molecule has 0 saturated carbocycles. The van der Waals surface area contributed by atoms with Gasteiger partial charge in [0.1, 0.15) is 0 Å². The standard InChI is InChI=1S/C55H33N3/c56-32-35-15-24-43(25-16-35)58-34-42-22-21-41(33-57)45-27-28-48-44(29-30-51(58)55(48)54(42)45)37-19-17-36(18-20-37)40-23-26-49-50(31-40)53(39-11-5-2-6-12-39)47-14-8-7-13-46(47)52(49)38-9-3-1-4-10-38/h1-31H,34H2. The van der Waals surface area contributed by atoms with Crippen molar-refractivity contribution in [2.24, 2.45) is 0 Å². The summed E-state index contributed by atoms with van der Waals surface area (Å²) >= 11 is 0. The van der Waals surface area contributed by atoms with Crippen molar-refractivity contribution in [2.75, 3.05) is 4.90 Å². The molecular weight excluding hydrogens is 703 g/mol. The Hall–Kier alpha value is -7.98. The molecule has 0 unspecified atom stereocenters. The van der Waals surface area contributed by atoms with E-state index in [0.717, 1.165) is 55.2 Å². The van der Waals surface area contributed by atoms with Gasteiger partial charge in [0.15, 0.2) is 0 Å². The van der Waals surface area contributed by atoms with Gasteiger partial charge in [-0.25, -0.2) is 0 Å². The van der Waals surface area contributed by atoms with Crippen molar-refractivity contribution in [3.05, 3.63) is 205 Å². The van der Waals surface area contributed by atoms with Gasteiger partial charge in [0, 0.05) is 28.7 Å². The minimum absolute atomic E-state index is 0.636. The highest BCUT2D eigenvalue weighted by atomic mass is 15.1. The molecule has 0 aromatic heterocycles. The van der Waals surface area contributed by atoms with E-state index in [0.29, 0.717) is 17.7 Å². The van der Waals surface area contributed by atoms with Crippen LogP contribution in [0.4, 0.5) is 11.4 Å². The van der Waals surface area contributed by atoms with E-state index in [1.807, 2.05) is 30.3 Å². The van der Waals surface area contributed by atoms with Crippen LogP contribution in [0.25, 0.3) is 87.6 Å². The zero-order valence-electron chi connectivity index (χ0n) is 31.4. The average molecular weight is 736 g/mol. The second-order valence-corrected chi connectivity index (χ2v) is 15.0. The molecule has 3 heteroatoms. The number of rotatable bonds is 5. The molecule has 3 nitrogen and oxygen atoms in total. The second-order valence-electron chi connectivity index (χ2n) is 15.0. The normalized spacial score (nSPS) is 12.0. The Labute approximate surface area is 336 Å². The molecule has 58 heavy (non-hydrogen) atoms. The summed E-state index contributed by atoms with van der Waals surface area (Å²) in [7, 11) is 0. The van der Waals surface area contributed by atoms with Crippen LogP contribution < -0.4 is 4.90 Å². The lowest BCUT2D eigenvalue weighted by Crippen LogP contribution is -2.20. The minimum atomic E-state index is 0.636. The van der Waals surface area contributed by atoms with E-state index >= 15 is 0 Å². The third-order valence-corrected chi connectivity index (χ3v) is 11.9. The lowest BCUT2D eigenvalue weighted by Gasteiger charge is -2.32. The number of hydrogen-bond donors (Lipinski definition) is 0. The molecule has 1 aliphatic heterocycles. The molecule has 0 amide bonds. The predicted octanol–water partition coefficient (Wildman–Crippen LogP) is 14.4. The van der Waals surface area contributed by atoms with Crippen LogP contribution in [0.2, 0.25) is 0 Å². The van der Waals surface area contributed by atoms with Gasteiger partial charge in [-0.15, -0.1) is 0 Å². The Morgan fingerprint density at radius 2 is 0.983 bits per heavy atom. The van der Waals surface area contributed by atoms with Crippen molar-refractivity contribution >= 4 is 54.5 Å². The number of fused-ring (bicyclic) bond motifs is 2. The summed E-state index contributed by atoms with van der Waals surface area (Å²) in [5.74, 6) is 0. The fourth-order valence-corrected chi connectivity index (χ4v) is 9.28. The van der Waals surface area contributed by atoms with Crippen LogP contribution in [0.3, 0.4) is 0 Å². The Kier molecular flexibility index (Phi) is 7.68. The molecule has 0 atom stereocenters. The number of nitrogens with zero attached hydrogens (tertiary/aromatic N) is 3. The topological polar surface area (TPSA) is 50.8 Å². The summed E-state index contributed by atoms with van der Waals surface area (Å²) < 4.78 is 0. The van der Waals surface area contributed by atoms with Crippen LogP contribution in [-0.4, -0.2) is 0 Å². The van der Waals surface area contributed by atoms with Gasteiger partial charge in [0.05, 0.1) is 23.3 Å². The molecule has 0 N–H and O–H groups in total. The first-order valence-corrected chi connectivity index (χ1v) is 19.6. The Balaban J connectivity index is 1.07. The van der Waals surface area contributed by atoms with E-state index in [-0.39, 0.29) is 0 Å². The van der Waals surface area contributed by atoms with Gasteiger partial charge in [0.2, 0.25) is 0 Å². The van der Waals surface area contributed by atoms with E-state index in [4.69, 9.17) is 0 Å². The van der Waals surface area contributed by atoms with E-state index in [1.165, 1.54) is 49.4 Å². The second kappa shape index (κ2) is 13.3. The highest BCUT2D eigenvalue weighted by Gasteiger charge is 2.25. The largest absolute Gasteiger partial charge is 0.336 e. The highest BCUT2D eigenvalue weighted by molar-refractivity contribution is 6.23. The van der Waals surface area contributed by atoms with Crippen LogP contribution >= 0.6 is 0 Å². The van der Waals surface area contributed by atoms with Crippen molar-refractivity contribution in [3.8, 4) is 56.6 Å². The van der Waals surface area contributed by atoms with E-state index in [9.17, 15) is 10.5 Å². The molecule has 0 aliphatic carbocycles. The van der Waals surface area contributed by atoms with Gasteiger partial charge in [-0.1, -0.05) is 146 Å². The van der Waals surface area contributed by atoms with Gasteiger partial charge in [-0.05, 0) is 125 Å². The molecule has 1 heterocycles. The van der Waals surface area contributed by atoms with Gasteiger partial charge in [0.25, 0.3) is 0 Å². The van der Waals surface area contributed by atoms with Crippen LogP contribution in [0.5, 0.6) is 0 Å². The van der Waals surface area contributed by atoms with Gasteiger partial charge < -0.3 is 4.90 Å². The quantitative estimate of drug-likeness (QED) is 0.131. The lowest BCUT2D eigenvalue weighted by molar-refractivity contribution is 0.982. The smallest absolute Gasteiger partial charge is 0.0998 e. The Morgan fingerprint density at radius 3 is 1.66 bits per heavy atom. The molecule has 10 aromatic carbocycles. The molecule has 10 aromatic rings. The minimum Gasteiger partial charge on any atom is -0.336 e. The number of benzene rings is 10. The SMILES string of the molecule is N#Cc1ccc(N2Cc3ccc(C#N)c4ccc5c(-c6ccc(-c7ccc8c(-c9ccccc9)c9ccccc9c(-c9ccccc9)c8c7)cc6)ccc2c5c34)cc1. The van der Waals surface area contributed by atoms with Gasteiger partial charge >= 0.3 is 0 Å². The summed E-state index contributed by atoms with van der Waals surface area (Å²) in [6.07, 6.45) is 0. The summed E-state index contributed by atoms with van der Waals surface area (Å²) in [5, 5.41) is 28.9. The molecule has 0 radical (unpaired) electrons. The third-order valence-electron chi connectivity index (χ3n) is 11.9. The maximum atomic E-state index is 10.1. The number of anilines is 2. The average Bonchev–Trinajstić information content (AvgIpc) is 3.30. The molecule has 0 spiro atoms. The van der Waals surface area contributed by atoms with Gasteiger partial charge in [-0.2, -0.15) is 10.5 Å². The predicted molar refractivity (Wildman–Crippen MR) is 240 cm³/mol. The first-order chi connectivity index (χ1) is 28.7. The first kappa shape index (κ1) is 33.4. The number of nitriles is 2. The zero-order valence-corrected chi connectivity index (χ0v) is 31.4. The fourth-order valence-electron chi connectivity index (χ4n) is 9.28. The summed E-state index contributed by atoms with van der Waals surface area (Å²) in [6.45, 7) is 0.675. The molecule has 0 bridgehead atoms. The monoisotopic (exact) mass is 735 g/mol. The number of hydrogen-bond acceptors (Lipinski definition) is 3. The van der Waals surface area contributed by atoms with Crippen molar-refractivity contribution in [2.45, 2.75) is 6.54 Å². The van der Waals surface area contributed by atoms with Crippen molar-refractivity contribution in [1.82, 2.24) is 0 Å². The first-order valence-electron chi connectivity index (χ1n) is 19.6. The van der Waals surface area contributed by atoms with Crippen LogP contribution in [-0.2, 0) is 6.54 Å². The highest BCUT2D eigenvalue weighted by Crippen LogP contribution is 2.48. The van der Waals surface area contributed by atoms with Crippen molar-refractivity contribution < 1.29 is 0 Å². The maximum absolute atomic E-state index is 10.1. The Morgan fingerprint density at radius 1 is 0.397 bits per heavy atom. The fraction of sp³-hybridized carbons (Fsp3) is 0.0182. The van der Waals surface area contributed by atoms with Crippen LogP contribution in [0, 0.1) is 22.7 Å². The lowest BCUT2D eigenvalue weighted by atomic mass is 9.84. The molecule has 11 rings (SSSR count). The summed E-state index contributed by atoms with van der Waals surface area (Å²) in [6, 6.07) is 71.5. The van der Waals surface area contributed by atoms with E-state index in [1.54, 1.807) is 0 Å². The van der Waals surface area contributed by atoms with Gasteiger partial charge in [-0.3, -0.25) is 0 Å². The maximum Gasteiger partial charge on any atom is 0.0998 e. The Bertz CT molecular complexity index is 3350. The summed E-state index contributed by atoms with van der Waals surface area (Å²) in [4.78, 5) is 2.32. The van der Waals surface area contributed by atoms with Crippen LogP contribution in [0.1, 0.15) is 16.7 Å². The van der Waals surface area contributed by atoms with Crippen molar-refractivity contribution in [3.63, 3.8) is 0 Å². The van der Waals surface area contributed by atoms with Crippen molar-refractivity contribution in [1.29, 1.82) is 10.5 Å². The van der Waals surface area contributed by atoms with E-state index in [2.05, 4.69) is 175 Å². The summed E-state index contributed by atoms with van der Waals surface area (Å²) in [5.41, 5.74) is 14.1. The zero-order chi connectivity index (χ0) is 38.7. The van der Waals surface area contributed by atoms with E-state index < -0.39 is 0 Å². The third kappa shape index (κ3) is 5.19. The van der Waals surface area contributed by atoms with Crippen LogP contribution in [0.15, 0.2) is 188 Å². The molecular formula is C55H33N3. The molecule has 268 valence electrons.